The number of nitrogens with zero attached hydrogens (tertiary/aromatic N) is 4. The Morgan fingerprint density at radius 3 is 2.36 bits per heavy atom. The maximum absolute atomic E-state index is 13.6. The zero-order valence-corrected chi connectivity index (χ0v) is 23.2. The van der Waals surface area contributed by atoms with Gasteiger partial charge < -0.3 is 24.6 Å². The number of hydrogen-bond acceptors (Lipinski definition) is 7. The molecule has 0 bridgehead atoms. The minimum Gasteiger partial charge on any atom is -0.483 e. The van der Waals surface area contributed by atoms with Crippen molar-refractivity contribution in [3.05, 3.63) is 83.3 Å². The normalized spacial score (nSPS) is 14.5. The van der Waals surface area contributed by atoms with Crippen molar-refractivity contribution in [1.82, 2.24) is 20.2 Å². The number of carbonyl (C=O) groups is 2. The monoisotopic (exact) mass is 551 g/mol. The summed E-state index contributed by atoms with van der Waals surface area (Å²) >= 11 is 6.03. The zero-order valence-electron chi connectivity index (χ0n) is 22.5. The van der Waals surface area contributed by atoms with Crippen molar-refractivity contribution in [1.29, 1.82) is 0 Å². The molecule has 9 nitrogen and oxygen atoms in total. The van der Waals surface area contributed by atoms with Gasteiger partial charge in [0, 0.05) is 37.6 Å². The SMILES string of the molecule is CC(C)(C)OC(=O)NC(Cc1ccc(Cl)cc1)C(=O)N1CCN(c2ncncc2OCc2ccccc2)CC1. The molecule has 206 valence electrons. The van der Waals surface area contributed by atoms with Crippen molar-refractivity contribution in [2.45, 2.75) is 45.4 Å². The van der Waals surface area contributed by atoms with Crippen molar-refractivity contribution in [3.8, 4) is 5.75 Å². The van der Waals surface area contributed by atoms with Gasteiger partial charge in [-0.1, -0.05) is 54.1 Å². The summed E-state index contributed by atoms with van der Waals surface area (Å²) < 4.78 is 11.5. The third-order valence-corrected chi connectivity index (χ3v) is 6.38. The largest absolute Gasteiger partial charge is 0.483 e. The van der Waals surface area contributed by atoms with Crippen molar-refractivity contribution in [2.24, 2.45) is 0 Å². The van der Waals surface area contributed by atoms with Crippen LogP contribution in [0.15, 0.2) is 67.1 Å². The van der Waals surface area contributed by atoms with Crippen LogP contribution in [0, 0.1) is 0 Å². The molecule has 10 heteroatoms. The summed E-state index contributed by atoms with van der Waals surface area (Å²) in [6.07, 6.45) is 2.85. The highest BCUT2D eigenvalue weighted by Gasteiger charge is 2.31. The molecule has 1 unspecified atom stereocenters. The zero-order chi connectivity index (χ0) is 27.8. The predicted molar refractivity (Wildman–Crippen MR) is 150 cm³/mol. The number of alkyl carbamates (subject to hydrolysis) is 1. The molecule has 39 heavy (non-hydrogen) atoms. The highest BCUT2D eigenvalue weighted by atomic mass is 35.5. The van der Waals surface area contributed by atoms with Gasteiger partial charge in [-0.2, -0.15) is 0 Å². The second-order valence-corrected chi connectivity index (χ2v) is 10.8. The summed E-state index contributed by atoms with van der Waals surface area (Å²) in [7, 11) is 0. The molecule has 4 rings (SSSR count). The van der Waals surface area contributed by atoms with E-state index in [2.05, 4.69) is 20.2 Å². The maximum atomic E-state index is 13.6. The van der Waals surface area contributed by atoms with Crippen LogP contribution in [0.5, 0.6) is 5.75 Å². The number of carbonyl (C=O) groups excluding carboxylic acids is 2. The molecule has 2 heterocycles. The van der Waals surface area contributed by atoms with Crippen molar-refractivity contribution >= 4 is 29.4 Å². The first-order valence-electron chi connectivity index (χ1n) is 12.9. The lowest BCUT2D eigenvalue weighted by atomic mass is 10.0. The van der Waals surface area contributed by atoms with Crippen LogP contribution in [0.3, 0.4) is 0 Å². The Labute approximate surface area is 234 Å². The first-order valence-corrected chi connectivity index (χ1v) is 13.3. The molecule has 2 aromatic carbocycles. The summed E-state index contributed by atoms with van der Waals surface area (Å²) in [5.41, 5.74) is 1.25. The van der Waals surface area contributed by atoms with Crippen molar-refractivity contribution < 1.29 is 19.1 Å². The lowest BCUT2D eigenvalue weighted by Crippen LogP contribution is -2.56. The van der Waals surface area contributed by atoms with E-state index in [1.165, 1.54) is 6.33 Å². The van der Waals surface area contributed by atoms with E-state index in [9.17, 15) is 9.59 Å². The summed E-state index contributed by atoms with van der Waals surface area (Å²) in [5, 5.41) is 3.38. The van der Waals surface area contributed by atoms with Gasteiger partial charge in [-0.05, 0) is 44.0 Å². The van der Waals surface area contributed by atoms with Gasteiger partial charge in [0.05, 0.1) is 6.20 Å². The van der Waals surface area contributed by atoms with Crippen LogP contribution < -0.4 is 15.0 Å². The Hall–Kier alpha value is -3.85. The summed E-state index contributed by atoms with van der Waals surface area (Å²) in [4.78, 5) is 38.6. The minimum absolute atomic E-state index is 0.168. The Bertz CT molecular complexity index is 1240. The summed E-state index contributed by atoms with van der Waals surface area (Å²) in [6, 6.07) is 16.4. The number of rotatable bonds is 8. The maximum Gasteiger partial charge on any atom is 0.408 e. The Morgan fingerprint density at radius 1 is 1.00 bits per heavy atom. The highest BCUT2D eigenvalue weighted by Crippen LogP contribution is 2.26. The molecule has 0 aliphatic carbocycles. The summed E-state index contributed by atoms with van der Waals surface area (Å²) in [6.45, 7) is 7.81. The van der Waals surface area contributed by atoms with Gasteiger partial charge in [-0.15, -0.1) is 0 Å². The van der Waals surface area contributed by atoms with E-state index < -0.39 is 17.7 Å². The first-order chi connectivity index (χ1) is 18.7. The average Bonchev–Trinajstić information content (AvgIpc) is 2.92. The lowest BCUT2D eigenvalue weighted by molar-refractivity contribution is -0.133. The third kappa shape index (κ3) is 8.32. The van der Waals surface area contributed by atoms with Crippen molar-refractivity contribution in [3.63, 3.8) is 0 Å². The molecule has 1 aromatic heterocycles. The Morgan fingerprint density at radius 2 is 1.69 bits per heavy atom. The molecule has 1 aliphatic heterocycles. The number of piperazine rings is 1. The fraction of sp³-hybridized carbons (Fsp3) is 0.379. The van der Waals surface area contributed by atoms with Crippen LogP contribution in [-0.4, -0.2) is 64.7 Å². The molecule has 1 N–H and O–H groups in total. The molecule has 1 fully saturated rings. The molecular weight excluding hydrogens is 518 g/mol. The van der Waals surface area contributed by atoms with Gasteiger partial charge in [0.15, 0.2) is 11.6 Å². The van der Waals surface area contributed by atoms with E-state index in [-0.39, 0.29) is 5.91 Å². The van der Waals surface area contributed by atoms with Gasteiger partial charge >= 0.3 is 6.09 Å². The smallest absolute Gasteiger partial charge is 0.408 e. The van der Waals surface area contributed by atoms with Crippen LogP contribution in [0.4, 0.5) is 10.6 Å². The van der Waals surface area contributed by atoms with Crippen LogP contribution >= 0.6 is 11.6 Å². The third-order valence-electron chi connectivity index (χ3n) is 6.13. The molecular formula is C29H34ClN5O4. The van der Waals surface area contributed by atoms with Gasteiger partial charge in [0.25, 0.3) is 0 Å². The molecule has 3 aromatic rings. The fourth-order valence-electron chi connectivity index (χ4n) is 4.25. The van der Waals surface area contributed by atoms with E-state index in [0.717, 1.165) is 11.1 Å². The number of anilines is 1. The van der Waals surface area contributed by atoms with Crippen molar-refractivity contribution in [2.75, 3.05) is 31.1 Å². The van der Waals surface area contributed by atoms with Crippen LogP contribution in [0.1, 0.15) is 31.9 Å². The van der Waals surface area contributed by atoms with E-state index >= 15 is 0 Å². The number of amides is 2. The Kier molecular flexibility index (Phi) is 9.24. The molecule has 1 aliphatic rings. The molecule has 1 atom stereocenters. The summed E-state index contributed by atoms with van der Waals surface area (Å²) in [5.74, 6) is 1.12. The lowest BCUT2D eigenvalue weighted by Gasteiger charge is -2.37. The second-order valence-electron chi connectivity index (χ2n) is 10.3. The number of hydrogen-bond donors (Lipinski definition) is 1. The number of halogens is 1. The molecule has 0 saturated carbocycles. The van der Waals surface area contributed by atoms with Crippen LogP contribution in [0.2, 0.25) is 5.02 Å². The van der Waals surface area contributed by atoms with E-state index in [1.807, 2.05) is 42.5 Å². The van der Waals surface area contributed by atoms with E-state index in [0.29, 0.717) is 55.8 Å². The van der Waals surface area contributed by atoms with E-state index in [1.54, 1.807) is 44.0 Å². The Balaban J connectivity index is 1.41. The van der Waals surface area contributed by atoms with Gasteiger partial charge in [-0.3, -0.25) is 4.79 Å². The van der Waals surface area contributed by atoms with Gasteiger partial charge in [-0.25, -0.2) is 14.8 Å². The van der Waals surface area contributed by atoms with Gasteiger partial charge in [0.2, 0.25) is 5.91 Å². The number of benzene rings is 2. The fourth-order valence-corrected chi connectivity index (χ4v) is 4.38. The quantitative estimate of drug-likeness (QED) is 0.440. The second kappa shape index (κ2) is 12.8. The molecule has 1 saturated heterocycles. The van der Waals surface area contributed by atoms with Crippen LogP contribution in [-0.2, 0) is 22.6 Å². The first kappa shape index (κ1) is 28.2. The average molecular weight is 552 g/mol. The predicted octanol–water partition coefficient (Wildman–Crippen LogP) is 4.49. The standard InChI is InChI=1S/C29H34ClN5O4/c1-29(2,3)39-28(37)33-24(17-21-9-11-23(30)12-10-21)27(36)35-15-13-34(14-16-35)26-25(18-31-20-32-26)38-19-22-7-5-4-6-8-22/h4-12,18,20,24H,13-17,19H2,1-3H3,(H,33,37). The van der Waals surface area contributed by atoms with Gasteiger partial charge in [0.1, 0.15) is 24.6 Å². The number of nitrogens with one attached hydrogen (secondary N) is 1. The molecule has 0 radical (unpaired) electrons. The number of aromatic nitrogens is 2. The molecule has 2 amide bonds. The minimum atomic E-state index is -0.781. The molecule has 0 spiro atoms. The van der Waals surface area contributed by atoms with Crippen LogP contribution in [0.25, 0.3) is 0 Å². The highest BCUT2D eigenvalue weighted by molar-refractivity contribution is 6.30. The topological polar surface area (TPSA) is 96.9 Å². The van der Waals surface area contributed by atoms with E-state index in [4.69, 9.17) is 21.1 Å². The number of ether oxygens (including phenoxy) is 2.